The Bertz CT molecular complexity index is 602. The SMILES string of the molecule is COC(=O)[C@H](Cc1ccccc1)NC(=S)NCCNC(=O)OC(C)(C)C. The second-order valence-electron chi connectivity index (χ2n) is 6.59. The second-order valence-corrected chi connectivity index (χ2v) is 7.00. The van der Waals surface area contributed by atoms with Gasteiger partial charge in [-0.25, -0.2) is 9.59 Å². The van der Waals surface area contributed by atoms with Crippen LogP contribution in [0.2, 0.25) is 0 Å². The Balaban J connectivity index is 2.40. The molecule has 1 aromatic rings. The molecule has 1 amide bonds. The third-order valence-corrected chi connectivity index (χ3v) is 3.41. The van der Waals surface area contributed by atoms with Crippen LogP contribution in [0.4, 0.5) is 4.79 Å². The molecule has 8 heteroatoms. The number of rotatable bonds is 7. The third-order valence-electron chi connectivity index (χ3n) is 3.15. The van der Waals surface area contributed by atoms with Crippen molar-refractivity contribution >= 4 is 29.4 Å². The molecular weight excluding hydrogens is 354 g/mol. The normalized spacial score (nSPS) is 11.8. The molecule has 1 aromatic carbocycles. The van der Waals surface area contributed by atoms with Crippen LogP contribution in [0.25, 0.3) is 0 Å². The van der Waals surface area contributed by atoms with E-state index in [-0.39, 0.29) is 0 Å². The van der Waals surface area contributed by atoms with Crippen molar-refractivity contribution in [2.24, 2.45) is 0 Å². The van der Waals surface area contributed by atoms with Gasteiger partial charge in [-0.3, -0.25) is 0 Å². The molecule has 0 unspecified atom stereocenters. The first-order valence-corrected chi connectivity index (χ1v) is 8.75. The van der Waals surface area contributed by atoms with Crippen LogP contribution >= 0.6 is 12.2 Å². The monoisotopic (exact) mass is 381 g/mol. The van der Waals surface area contributed by atoms with Gasteiger partial charge in [-0.2, -0.15) is 0 Å². The predicted octanol–water partition coefficient (Wildman–Crippen LogP) is 1.76. The van der Waals surface area contributed by atoms with E-state index >= 15 is 0 Å². The topological polar surface area (TPSA) is 88.7 Å². The molecule has 144 valence electrons. The first kappa shape index (κ1) is 21.7. The summed E-state index contributed by atoms with van der Waals surface area (Å²) >= 11 is 5.21. The van der Waals surface area contributed by atoms with Crippen LogP contribution in [0.1, 0.15) is 26.3 Å². The molecule has 0 aromatic heterocycles. The van der Waals surface area contributed by atoms with Gasteiger partial charge in [0.15, 0.2) is 5.11 Å². The van der Waals surface area contributed by atoms with Gasteiger partial charge in [-0.1, -0.05) is 30.3 Å². The number of alkyl carbamates (subject to hydrolysis) is 1. The lowest BCUT2D eigenvalue weighted by molar-refractivity contribution is -0.142. The number of nitrogens with one attached hydrogen (secondary N) is 3. The lowest BCUT2D eigenvalue weighted by Gasteiger charge is -2.20. The smallest absolute Gasteiger partial charge is 0.407 e. The summed E-state index contributed by atoms with van der Waals surface area (Å²) in [6, 6.07) is 8.98. The van der Waals surface area contributed by atoms with Crippen LogP contribution in [0.3, 0.4) is 0 Å². The van der Waals surface area contributed by atoms with Crippen LogP contribution < -0.4 is 16.0 Å². The van der Waals surface area contributed by atoms with Gasteiger partial charge >= 0.3 is 12.1 Å². The van der Waals surface area contributed by atoms with E-state index in [2.05, 4.69) is 16.0 Å². The van der Waals surface area contributed by atoms with Crippen LogP contribution in [0.5, 0.6) is 0 Å². The quantitative estimate of drug-likeness (QED) is 0.377. The van der Waals surface area contributed by atoms with Crippen LogP contribution in [0.15, 0.2) is 30.3 Å². The Labute approximate surface area is 159 Å². The maximum Gasteiger partial charge on any atom is 0.407 e. The summed E-state index contributed by atoms with van der Waals surface area (Å²) in [5.41, 5.74) is 0.448. The van der Waals surface area contributed by atoms with Crippen molar-refractivity contribution in [3.63, 3.8) is 0 Å². The lowest BCUT2D eigenvalue weighted by atomic mass is 10.1. The zero-order chi connectivity index (χ0) is 19.6. The van der Waals surface area contributed by atoms with Crippen molar-refractivity contribution in [3.05, 3.63) is 35.9 Å². The van der Waals surface area contributed by atoms with E-state index in [0.717, 1.165) is 5.56 Å². The van der Waals surface area contributed by atoms with Gasteiger partial charge < -0.3 is 25.4 Å². The van der Waals surface area contributed by atoms with Gasteiger partial charge in [0.1, 0.15) is 11.6 Å². The molecule has 0 aliphatic carbocycles. The molecular formula is C18H27N3O4S. The molecule has 0 bridgehead atoms. The van der Waals surface area contributed by atoms with E-state index < -0.39 is 23.7 Å². The number of carbonyl (C=O) groups excluding carboxylic acids is 2. The Morgan fingerprint density at radius 3 is 2.31 bits per heavy atom. The van der Waals surface area contributed by atoms with E-state index in [0.29, 0.717) is 24.6 Å². The zero-order valence-electron chi connectivity index (χ0n) is 15.6. The van der Waals surface area contributed by atoms with Crippen LogP contribution in [-0.4, -0.2) is 49.0 Å². The first-order chi connectivity index (χ1) is 12.2. The van der Waals surface area contributed by atoms with E-state index in [4.69, 9.17) is 21.7 Å². The van der Waals surface area contributed by atoms with Gasteiger partial charge in [-0.15, -0.1) is 0 Å². The maximum atomic E-state index is 12.0. The molecule has 0 aliphatic heterocycles. The summed E-state index contributed by atoms with van der Waals surface area (Å²) in [6.45, 7) is 6.11. The lowest BCUT2D eigenvalue weighted by Crippen LogP contribution is -2.48. The highest BCUT2D eigenvalue weighted by atomic mass is 32.1. The van der Waals surface area contributed by atoms with E-state index in [1.54, 1.807) is 20.8 Å². The molecule has 0 spiro atoms. The Kier molecular flexibility index (Phi) is 8.84. The molecule has 0 saturated heterocycles. The van der Waals surface area contributed by atoms with Gasteiger partial charge in [0.25, 0.3) is 0 Å². The molecule has 0 radical (unpaired) electrons. The number of ether oxygens (including phenoxy) is 2. The number of esters is 1. The molecule has 1 atom stereocenters. The Morgan fingerprint density at radius 1 is 1.12 bits per heavy atom. The van der Waals surface area contributed by atoms with Crippen molar-refractivity contribution in [2.45, 2.75) is 38.8 Å². The number of methoxy groups -OCH3 is 1. The number of thiocarbonyl (C=S) groups is 1. The minimum absolute atomic E-state index is 0.308. The molecule has 0 aliphatic rings. The van der Waals surface area contributed by atoms with Crippen molar-refractivity contribution < 1.29 is 19.1 Å². The molecule has 0 saturated carbocycles. The van der Waals surface area contributed by atoms with E-state index in [1.807, 2.05) is 30.3 Å². The fourth-order valence-electron chi connectivity index (χ4n) is 2.05. The Morgan fingerprint density at radius 2 is 1.73 bits per heavy atom. The Hall–Kier alpha value is -2.35. The number of hydrogen-bond acceptors (Lipinski definition) is 5. The molecule has 3 N–H and O–H groups in total. The highest BCUT2D eigenvalue weighted by Crippen LogP contribution is 2.06. The minimum Gasteiger partial charge on any atom is -0.467 e. The van der Waals surface area contributed by atoms with Gasteiger partial charge in [0, 0.05) is 19.5 Å². The summed E-state index contributed by atoms with van der Waals surface area (Å²) < 4.78 is 9.96. The number of amides is 1. The average Bonchev–Trinajstić information content (AvgIpc) is 2.57. The van der Waals surface area contributed by atoms with Crippen molar-refractivity contribution in [2.75, 3.05) is 20.2 Å². The standard InChI is InChI=1S/C18H27N3O4S/c1-18(2,3)25-17(23)20-11-10-19-16(26)21-14(15(22)24-4)12-13-8-6-5-7-9-13/h5-9,14H,10-12H2,1-4H3,(H,20,23)(H2,19,21,26)/t14-/m0/s1. The molecule has 26 heavy (non-hydrogen) atoms. The van der Waals surface area contributed by atoms with Crippen molar-refractivity contribution in [1.29, 1.82) is 0 Å². The molecule has 1 rings (SSSR count). The maximum absolute atomic E-state index is 12.0. The van der Waals surface area contributed by atoms with Crippen molar-refractivity contribution in [1.82, 2.24) is 16.0 Å². The summed E-state index contributed by atoms with van der Waals surface area (Å²) in [7, 11) is 1.34. The molecule has 0 fully saturated rings. The van der Waals surface area contributed by atoms with E-state index in [9.17, 15) is 9.59 Å². The van der Waals surface area contributed by atoms with Crippen LogP contribution in [-0.2, 0) is 20.7 Å². The summed E-state index contributed by atoms with van der Waals surface area (Å²) in [6.07, 6.45) is -0.0411. The fourth-order valence-corrected chi connectivity index (χ4v) is 2.29. The molecule has 0 heterocycles. The van der Waals surface area contributed by atoms with Gasteiger partial charge in [0.05, 0.1) is 7.11 Å². The minimum atomic E-state index is -0.596. The highest BCUT2D eigenvalue weighted by molar-refractivity contribution is 7.80. The largest absolute Gasteiger partial charge is 0.467 e. The fraction of sp³-hybridized carbons (Fsp3) is 0.500. The summed E-state index contributed by atoms with van der Waals surface area (Å²) in [4.78, 5) is 23.5. The number of carbonyl (C=O) groups is 2. The summed E-state index contributed by atoms with van der Waals surface area (Å²) in [5.74, 6) is -0.398. The van der Waals surface area contributed by atoms with Gasteiger partial charge in [-0.05, 0) is 38.6 Å². The average molecular weight is 381 g/mol. The predicted molar refractivity (Wildman–Crippen MR) is 104 cm³/mol. The van der Waals surface area contributed by atoms with Gasteiger partial charge in [0.2, 0.25) is 0 Å². The van der Waals surface area contributed by atoms with Crippen molar-refractivity contribution in [3.8, 4) is 0 Å². The first-order valence-electron chi connectivity index (χ1n) is 8.34. The highest BCUT2D eigenvalue weighted by Gasteiger charge is 2.20. The molecule has 7 nitrogen and oxygen atoms in total. The van der Waals surface area contributed by atoms with Crippen LogP contribution in [0, 0.1) is 0 Å². The second kappa shape index (κ2) is 10.6. The number of hydrogen-bond donors (Lipinski definition) is 3. The zero-order valence-corrected chi connectivity index (χ0v) is 16.4. The third kappa shape index (κ3) is 9.22. The summed E-state index contributed by atoms with van der Waals surface area (Å²) in [5, 5.41) is 8.81. The number of benzene rings is 1. The van der Waals surface area contributed by atoms with E-state index in [1.165, 1.54) is 7.11 Å².